The third kappa shape index (κ3) is 4.47. The first-order chi connectivity index (χ1) is 12.3. The number of hydrogen-bond donors (Lipinski definition) is 0. The van der Waals surface area contributed by atoms with Crippen LogP contribution in [0.3, 0.4) is 0 Å². The van der Waals surface area contributed by atoms with Gasteiger partial charge in [-0.15, -0.1) is 0 Å². The number of benzene rings is 2. The van der Waals surface area contributed by atoms with Crippen molar-refractivity contribution < 1.29 is 14.3 Å². The van der Waals surface area contributed by atoms with Crippen LogP contribution in [0.5, 0.6) is 5.75 Å². The molecule has 3 rings (SSSR count). The summed E-state index contributed by atoms with van der Waals surface area (Å²) < 4.78 is 5.53. The van der Waals surface area contributed by atoms with E-state index in [9.17, 15) is 9.59 Å². The zero-order valence-electron chi connectivity index (χ0n) is 14.3. The molecule has 2 aromatic carbocycles. The summed E-state index contributed by atoms with van der Waals surface area (Å²) in [4.78, 5) is 25.0. The average molecular weight is 337 g/mol. The van der Waals surface area contributed by atoms with Crippen LogP contribution < -0.4 is 4.74 Å². The van der Waals surface area contributed by atoms with E-state index in [-0.39, 0.29) is 5.91 Å². The molecule has 0 N–H and O–H groups in total. The molecule has 0 unspecified atom stereocenters. The topological polar surface area (TPSA) is 46.6 Å². The van der Waals surface area contributed by atoms with Crippen molar-refractivity contribution in [1.82, 2.24) is 4.90 Å². The third-order valence-electron chi connectivity index (χ3n) is 4.49. The van der Waals surface area contributed by atoms with Crippen LogP contribution >= 0.6 is 0 Å². The van der Waals surface area contributed by atoms with E-state index in [1.807, 2.05) is 41.3 Å². The second-order valence-electron chi connectivity index (χ2n) is 6.25. The van der Waals surface area contributed by atoms with Crippen molar-refractivity contribution in [3.63, 3.8) is 0 Å². The van der Waals surface area contributed by atoms with E-state index in [0.29, 0.717) is 13.0 Å². The molecule has 1 amide bonds. The second-order valence-corrected chi connectivity index (χ2v) is 6.25. The predicted molar refractivity (Wildman–Crippen MR) is 97.0 cm³/mol. The van der Waals surface area contributed by atoms with Crippen molar-refractivity contribution in [1.29, 1.82) is 0 Å². The van der Waals surface area contributed by atoms with Crippen LogP contribution in [0.2, 0.25) is 0 Å². The summed E-state index contributed by atoms with van der Waals surface area (Å²) in [5.74, 6) is 0.833. The summed E-state index contributed by atoms with van der Waals surface area (Å²) in [6.07, 6.45) is 4.02. The summed E-state index contributed by atoms with van der Waals surface area (Å²) >= 11 is 0. The normalized spacial score (nSPS) is 13.4. The minimum atomic E-state index is 0.105. The van der Waals surface area contributed by atoms with Gasteiger partial charge in [0.2, 0.25) is 0 Å². The predicted octanol–water partition coefficient (Wildman–Crippen LogP) is 3.29. The molecule has 0 bridgehead atoms. The van der Waals surface area contributed by atoms with Gasteiger partial charge in [0.1, 0.15) is 12.0 Å². The van der Waals surface area contributed by atoms with Gasteiger partial charge in [-0.1, -0.05) is 30.3 Å². The van der Waals surface area contributed by atoms with Crippen molar-refractivity contribution >= 4 is 12.2 Å². The van der Waals surface area contributed by atoms with Gasteiger partial charge in [0.15, 0.2) is 0 Å². The summed E-state index contributed by atoms with van der Waals surface area (Å²) in [6.45, 7) is 1.91. The number of aryl methyl sites for hydroxylation is 1. The highest BCUT2D eigenvalue weighted by Gasteiger charge is 2.24. The van der Waals surface area contributed by atoms with Crippen molar-refractivity contribution in [2.75, 3.05) is 19.7 Å². The highest BCUT2D eigenvalue weighted by atomic mass is 16.5. The molecule has 4 nitrogen and oxygen atoms in total. The van der Waals surface area contributed by atoms with E-state index in [2.05, 4.69) is 12.1 Å². The molecule has 0 spiro atoms. The molecule has 1 heterocycles. The van der Waals surface area contributed by atoms with E-state index in [4.69, 9.17) is 4.74 Å². The summed E-state index contributed by atoms with van der Waals surface area (Å²) in [5.41, 5.74) is 3.12. The first-order valence-electron chi connectivity index (χ1n) is 8.80. The van der Waals surface area contributed by atoms with E-state index in [1.54, 1.807) is 0 Å². The minimum Gasteiger partial charge on any atom is -0.493 e. The van der Waals surface area contributed by atoms with Crippen LogP contribution in [0, 0.1) is 0 Å². The molecular formula is C21H23NO3. The minimum absolute atomic E-state index is 0.105. The fourth-order valence-electron chi connectivity index (χ4n) is 3.16. The van der Waals surface area contributed by atoms with E-state index < -0.39 is 0 Å². The molecular weight excluding hydrogens is 314 g/mol. The number of amides is 1. The zero-order chi connectivity index (χ0) is 17.5. The Bertz CT molecular complexity index is 727. The van der Waals surface area contributed by atoms with Crippen LogP contribution in [0.4, 0.5) is 0 Å². The second kappa shape index (κ2) is 8.47. The molecule has 4 heteroatoms. The number of ether oxygens (including phenoxy) is 1. The van der Waals surface area contributed by atoms with Gasteiger partial charge in [-0.05, 0) is 48.6 Å². The Hall–Kier alpha value is -2.62. The highest BCUT2D eigenvalue weighted by molar-refractivity contribution is 5.96. The van der Waals surface area contributed by atoms with Gasteiger partial charge in [-0.25, -0.2) is 0 Å². The Morgan fingerprint density at radius 1 is 1.12 bits per heavy atom. The van der Waals surface area contributed by atoms with Crippen molar-refractivity contribution in [3.8, 4) is 5.75 Å². The van der Waals surface area contributed by atoms with Gasteiger partial charge in [0, 0.05) is 25.1 Å². The maximum atomic E-state index is 12.7. The molecule has 1 aliphatic rings. The molecule has 0 atom stereocenters. The van der Waals surface area contributed by atoms with E-state index in [0.717, 1.165) is 55.5 Å². The zero-order valence-corrected chi connectivity index (χ0v) is 14.3. The Morgan fingerprint density at radius 2 is 1.96 bits per heavy atom. The fraction of sp³-hybridized carbons (Fsp3) is 0.333. The van der Waals surface area contributed by atoms with E-state index in [1.165, 1.54) is 5.56 Å². The first kappa shape index (κ1) is 17.2. The Labute approximate surface area is 148 Å². The number of rotatable bonds is 8. The quantitative estimate of drug-likeness (QED) is 0.548. The van der Waals surface area contributed by atoms with Crippen LogP contribution in [0.15, 0.2) is 48.5 Å². The Kier molecular flexibility index (Phi) is 5.83. The lowest BCUT2D eigenvalue weighted by Crippen LogP contribution is -2.38. The highest BCUT2D eigenvalue weighted by Crippen LogP contribution is 2.24. The van der Waals surface area contributed by atoms with E-state index >= 15 is 0 Å². The molecule has 0 saturated carbocycles. The van der Waals surface area contributed by atoms with Gasteiger partial charge in [0.05, 0.1) is 6.61 Å². The van der Waals surface area contributed by atoms with Crippen LogP contribution in [0.1, 0.15) is 34.3 Å². The summed E-state index contributed by atoms with van der Waals surface area (Å²) in [5, 5.41) is 0. The number of aldehydes is 1. The number of carbonyl (C=O) groups excluding carboxylic acids is 2. The van der Waals surface area contributed by atoms with Gasteiger partial charge in [0.25, 0.3) is 5.91 Å². The van der Waals surface area contributed by atoms with Gasteiger partial charge in [-0.3, -0.25) is 4.79 Å². The van der Waals surface area contributed by atoms with Crippen molar-refractivity contribution in [3.05, 3.63) is 65.2 Å². The molecule has 0 saturated heterocycles. The maximum Gasteiger partial charge on any atom is 0.254 e. The van der Waals surface area contributed by atoms with Gasteiger partial charge in [-0.2, -0.15) is 0 Å². The monoisotopic (exact) mass is 337 g/mol. The number of hydrogen-bond acceptors (Lipinski definition) is 3. The lowest BCUT2D eigenvalue weighted by molar-refractivity contribution is -0.108. The van der Waals surface area contributed by atoms with Crippen molar-refractivity contribution in [2.45, 2.75) is 25.7 Å². The standard InChI is InChI=1S/C21H23NO3/c23-14-5-15-25-19-9-10-20-18(16-19)11-13-22(21(20)24)12-4-8-17-6-2-1-3-7-17/h1-3,6-7,9-10,14,16H,4-5,8,11-13,15H2. The average Bonchev–Trinajstić information content (AvgIpc) is 2.65. The summed E-state index contributed by atoms with van der Waals surface area (Å²) in [6, 6.07) is 16.0. The van der Waals surface area contributed by atoms with Crippen molar-refractivity contribution in [2.24, 2.45) is 0 Å². The number of nitrogens with zero attached hydrogens (tertiary/aromatic N) is 1. The smallest absolute Gasteiger partial charge is 0.254 e. The molecule has 1 aliphatic heterocycles. The molecule has 2 aromatic rings. The van der Waals surface area contributed by atoms with Gasteiger partial charge >= 0.3 is 0 Å². The van der Waals surface area contributed by atoms with Crippen LogP contribution in [-0.4, -0.2) is 36.8 Å². The SMILES string of the molecule is O=CCCOc1ccc2c(c1)CCN(CCCc1ccccc1)C2=O. The van der Waals surface area contributed by atoms with Crippen LogP contribution in [0.25, 0.3) is 0 Å². The third-order valence-corrected chi connectivity index (χ3v) is 4.49. The number of carbonyl (C=O) groups is 2. The first-order valence-corrected chi connectivity index (χ1v) is 8.80. The fourth-order valence-corrected chi connectivity index (χ4v) is 3.16. The number of fused-ring (bicyclic) bond motifs is 1. The molecule has 0 radical (unpaired) electrons. The van der Waals surface area contributed by atoms with Crippen LogP contribution in [-0.2, 0) is 17.6 Å². The molecule has 0 fully saturated rings. The van der Waals surface area contributed by atoms with Gasteiger partial charge < -0.3 is 14.4 Å². The molecule has 130 valence electrons. The Balaban J connectivity index is 1.56. The maximum absolute atomic E-state index is 12.7. The lowest BCUT2D eigenvalue weighted by Gasteiger charge is -2.29. The molecule has 0 aromatic heterocycles. The lowest BCUT2D eigenvalue weighted by atomic mass is 9.98. The largest absolute Gasteiger partial charge is 0.493 e. The molecule has 0 aliphatic carbocycles. The molecule has 25 heavy (non-hydrogen) atoms. The Morgan fingerprint density at radius 3 is 2.76 bits per heavy atom. The summed E-state index contributed by atoms with van der Waals surface area (Å²) in [7, 11) is 0.